The lowest BCUT2D eigenvalue weighted by atomic mass is 10.1. The minimum atomic E-state index is -2.50. The largest absolute Gasteiger partial charge is 0.349 e. The Bertz CT molecular complexity index is 1160. The summed E-state index contributed by atoms with van der Waals surface area (Å²) in [6.45, 7) is 6.92. The molecule has 5 nitrogen and oxygen atoms in total. The molecule has 0 aliphatic rings. The monoisotopic (exact) mass is 446 g/mol. The fraction of sp³-hybridized carbons (Fsp3) is 0.286. The molecule has 0 saturated carbocycles. The molecule has 0 saturated heterocycles. The second kappa shape index (κ2) is 9.41. The highest BCUT2D eigenvalue weighted by Crippen LogP contribution is 2.32. The number of halogens is 2. The summed E-state index contributed by atoms with van der Waals surface area (Å²) in [5.74, 6) is -3.06. The molecule has 1 amide bonds. The van der Waals surface area contributed by atoms with Crippen LogP contribution in [0.1, 0.15) is 30.3 Å². The smallest absolute Gasteiger partial charge is 0.288 e. The van der Waals surface area contributed by atoms with Gasteiger partial charge in [0.2, 0.25) is 0 Å². The van der Waals surface area contributed by atoms with Crippen LogP contribution in [0.4, 0.5) is 13.9 Å². The molecule has 0 radical (unpaired) electrons. The van der Waals surface area contributed by atoms with Crippen molar-refractivity contribution in [3.63, 3.8) is 0 Å². The zero-order valence-corrected chi connectivity index (χ0v) is 18.3. The van der Waals surface area contributed by atoms with Gasteiger partial charge in [-0.05, 0) is 56.2 Å². The number of carbonyl (C=O) groups excluding carboxylic acids is 1. The number of aryl methyl sites for hydroxylation is 1. The van der Waals surface area contributed by atoms with Crippen molar-refractivity contribution in [2.45, 2.75) is 44.4 Å². The number of hydrogen-bond acceptors (Lipinski definition) is 5. The van der Waals surface area contributed by atoms with E-state index >= 15 is 0 Å². The maximum Gasteiger partial charge on any atom is 0.288 e. The highest BCUT2D eigenvalue weighted by molar-refractivity contribution is 7.99. The lowest BCUT2D eigenvalue weighted by molar-refractivity contribution is -0.112. The average Bonchev–Trinajstić information content (AvgIpc) is 3.20. The van der Waals surface area contributed by atoms with Gasteiger partial charge in [-0.15, -0.1) is 0 Å². The lowest BCUT2D eigenvalue weighted by Crippen LogP contribution is -2.13. The number of thioether (sulfide) groups is 1. The number of amides is 1. The number of nitriles is 1. The van der Waals surface area contributed by atoms with Crippen LogP contribution in [-0.4, -0.2) is 21.2 Å². The predicted octanol–water partition coefficient (Wildman–Crippen LogP) is 5.99. The van der Waals surface area contributed by atoms with Crippen molar-refractivity contribution in [3.8, 4) is 6.07 Å². The Hall–Kier alpha value is -2.70. The maximum atomic E-state index is 12.6. The van der Waals surface area contributed by atoms with Gasteiger partial charge in [0.1, 0.15) is 11.6 Å². The molecule has 156 valence electrons. The number of alkyl halides is 2. The second-order valence-corrected chi connectivity index (χ2v) is 8.72. The van der Waals surface area contributed by atoms with Crippen LogP contribution < -0.4 is 5.32 Å². The minimum absolute atomic E-state index is 0.0278. The highest BCUT2D eigenvalue weighted by atomic mass is 32.2. The Morgan fingerprint density at radius 3 is 2.83 bits per heavy atom. The molecule has 0 aliphatic carbocycles. The van der Waals surface area contributed by atoms with Crippen LogP contribution in [0.15, 0.2) is 34.7 Å². The van der Waals surface area contributed by atoms with Crippen LogP contribution >= 0.6 is 23.1 Å². The number of hydrogen-bond donors (Lipinski definition) is 1. The van der Waals surface area contributed by atoms with Gasteiger partial charge in [0.25, 0.3) is 11.7 Å². The number of carbonyl (C=O) groups is 1. The van der Waals surface area contributed by atoms with E-state index in [0.29, 0.717) is 32.0 Å². The maximum absolute atomic E-state index is 12.6. The first-order chi connectivity index (χ1) is 14.3. The topological polar surface area (TPSA) is 70.7 Å². The Kier molecular flexibility index (Phi) is 6.90. The number of rotatable bonds is 7. The number of aromatic nitrogens is 2. The molecule has 0 spiro atoms. The Morgan fingerprint density at radius 1 is 1.40 bits per heavy atom. The van der Waals surface area contributed by atoms with Crippen LogP contribution in [0.3, 0.4) is 0 Å². The summed E-state index contributed by atoms with van der Waals surface area (Å²) in [6.07, 6.45) is 2.56. The van der Waals surface area contributed by atoms with E-state index in [1.54, 1.807) is 24.3 Å². The molecule has 2 aromatic heterocycles. The normalized spacial score (nSPS) is 11.8. The Labute approximate surface area is 181 Å². The Balaban J connectivity index is 1.82. The van der Waals surface area contributed by atoms with E-state index in [-0.39, 0.29) is 5.57 Å². The fourth-order valence-corrected chi connectivity index (χ4v) is 4.66. The van der Waals surface area contributed by atoms with Gasteiger partial charge in [-0.3, -0.25) is 10.1 Å². The molecule has 3 rings (SSSR count). The molecule has 0 bridgehead atoms. The molecule has 2 heterocycles. The highest BCUT2D eigenvalue weighted by Gasteiger charge is 2.15. The van der Waals surface area contributed by atoms with Crippen LogP contribution in [0.25, 0.3) is 16.3 Å². The lowest BCUT2D eigenvalue weighted by Gasteiger charge is -2.07. The van der Waals surface area contributed by atoms with Crippen LogP contribution in [-0.2, 0) is 11.3 Å². The predicted molar refractivity (Wildman–Crippen MR) is 118 cm³/mol. The van der Waals surface area contributed by atoms with Crippen molar-refractivity contribution in [3.05, 3.63) is 46.8 Å². The van der Waals surface area contributed by atoms with Crippen LogP contribution in [0, 0.1) is 25.2 Å². The van der Waals surface area contributed by atoms with Gasteiger partial charge in [-0.1, -0.05) is 30.0 Å². The molecular weight excluding hydrogens is 426 g/mol. The van der Waals surface area contributed by atoms with Gasteiger partial charge in [0.15, 0.2) is 5.13 Å². The summed E-state index contributed by atoms with van der Waals surface area (Å²) >= 11 is 1.63. The number of anilines is 1. The van der Waals surface area contributed by atoms with Gasteiger partial charge in [0.05, 0.1) is 10.2 Å². The minimum Gasteiger partial charge on any atom is -0.349 e. The number of thiazole rings is 1. The number of nitrogens with zero attached hydrogens (tertiary/aromatic N) is 3. The molecule has 0 atom stereocenters. The van der Waals surface area contributed by atoms with Crippen LogP contribution in [0.2, 0.25) is 0 Å². The van der Waals surface area contributed by atoms with Crippen LogP contribution in [0.5, 0.6) is 0 Å². The first-order valence-corrected chi connectivity index (χ1v) is 11.0. The number of fused-ring (bicyclic) bond motifs is 1. The molecule has 3 aromatic rings. The summed E-state index contributed by atoms with van der Waals surface area (Å²) in [5, 5.41) is 12.4. The molecule has 1 N–H and O–H groups in total. The molecule has 0 unspecified atom stereocenters. The summed E-state index contributed by atoms with van der Waals surface area (Å²) in [7, 11) is 0. The fourth-order valence-electron chi connectivity index (χ4n) is 3.14. The van der Waals surface area contributed by atoms with Crippen molar-refractivity contribution >= 4 is 50.4 Å². The first kappa shape index (κ1) is 22.0. The van der Waals surface area contributed by atoms with E-state index in [9.17, 15) is 18.8 Å². The van der Waals surface area contributed by atoms with Crippen molar-refractivity contribution in [2.24, 2.45) is 0 Å². The van der Waals surface area contributed by atoms with E-state index in [1.807, 2.05) is 26.0 Å². The summed E-state index contributed by atoms with van der Waals surface area (Å²) in [4.78, 5) is 17.4. The summed E-state index contributed by atoms with van der Waals surface area (Å²) in [5.41, 5.74) is 3.46. The van der Waals surface area contributed by atoms with E-state index in [0.717, 1.165) is 29.9 Å². The zero-order valence-electron chi connectivity index (χ0n) is 16.7. The summed E-state index contributed by atoms with van der Waals surface area (Å²) < 4.78 is 28.0. The summed E-state index contributed by atoms with van der Waals surface area (Å²) in [6, 6.07) is 8.72. The quantitative estimate of drug-likeness (QED) is 0.275. The Morgan fingerprint density at radius 2 is 2.17 bits per heavy atom. The second-order valence-electron chi connectivity index (χ2n) is 6.63. The zero-order chi connectivity index (χ0) is 21.8. The van der Waals surface area contributed by atoms with E-state index < -0.39 is 11.7 Å². The molecule has 0 fully saturated rings. The van der Waals surface area contributed by atoms with Crippen molar-refractivity contribution in [2.75, 3.05) is 5.32 Å². The molecule has 1 aromatic carbocycles. The molecule has 0 aliphatic heterocycles. The standard InChI is InChI=1S/C21H20F2N4OS2/c1-4-7-27-12(2)8-14(13(27)3)9-15(11-24)19(28)26-21-25-17-6-5-16(29-20(22)23)10-18(17)30-21/h5-6,8-10,20H,4,7H2,1-3H3,(H,25,26,28). The van der Waals surface area contributed by atoms with E-state index in [1.165, 1.54) is 11.3 Å². The van der Waals surface area contributed by atoms with Crippen molar-refractivity contribution < 1.29 is 13.6 Å². The molecule has 30 heavy (non-hydrogen) atoms. The number of nitrogens with one attached hydrogen (secondary N) is 1. The third-order valence-electron chi connectivity index (χ3n) is 4.53. The third kappa shape index (κ3) is 4.89. The van der Waals surface area contributed by atoms with Gasteiger partial charge in [-0.25, -0.2) is 4.98 Å². The third-order valence-corrected chi connectivity index (χ3v) is 6.17. The number of benzene rings is 1. The van der Waals surface area contributed by atoms with E-state index in [4.69, 9.17) is 0 Å². The first-order valence-electron chi connectivity index (χ1n) is 9.27. The van der Waals surface area contributed by atoms with Gasteiger partial charge in [-0.2, -0.15) is 14.0 Å². The van der Waals surface area contributed by atoms with Gasteiger partial charge < -0.3 is 4.57 Å². The van der Waals surface area contributed by atoms with E-state index in [2.05, 4.69) is 21.8 Å². The SMILES string of the molecule is CCCn1c(C)cc(C=C(C#N)C(=O)Nc2nc3ccc(SC(F)F)cc3s2)c1C. The average molecular weight is 447 g/mol. The van der Waals surface area contributed by atoms with Crippen molar-refractivity contribution in [1.29, 1.82) is 5.26 Å². The molecular formula is C21H20F2N4OS2. The molecule has 9 heteroatoms. The van der Waals surface area contributed by atoms with Gasteiger partial charge in [0, 0.05) is 22.8 Å². The van der Waals surface area contributed by atoms with Crippen molar-refractivity contribution in [1.82, 2.24) is 9.55 Å². The van der Waals surface area contributed by atoms with Gasteiger partial charge >= 0.3 is 0 Å².